The first kappa shape index (κ1) is 11.2. The molecule has 0 saturated carbocycles. The molecule has 3 N–H and O–H groups in total. The van der Waals surface area contributed by atoms with Crippen LogP contribution in [-0.4, -0.2) is 11.2 Å². The molecule has 0 radical (unpaired) electrons. The van der Waals surface area contributed by atoms with Crippen molar-refractivity contribution < 1.29 is 5.11 Å². The van der Waals surface area contributed by atoms with Gasteiger partial charge in [-0.2, -0.15) is 0 Å². The van der Waals surface area contributed by atoms with Crippen molar-refractivity contribution in [3.8, 4) is 0 Å². The van der Waals surface area contributed by atoms with Crippen LogP contribution in [0.2, 0.25) is 0 Å². The predicted molar refractivity (Wildman–Crippen MR) is 59.0 cm³/mol. The highest BCUT2D eigenvalue weighted by Crippen LogP contribution is 2.29. The van der Waals surface area contributed by atoms with Gasteiger partial charge in [0.2, 0.25) is 0 Å². The van der Waals surface area contributed by atoms with Gasteiger partial charge in [-0.05, 0) is 18.1 Å². The first-order valence-corrected chi connectivity index (χ1v) is 4.96. The third kappa shape index (κ3) is 1.97. The zero-order valence-electron chi connectivity index (χ0n) is 9.12. The molecule has 0 fully saturated rings. The Morgan fingerprint density at radius 1 is 1.36 bits per heavy atom. The first-order valence-electron chi connectivity index (χ1n) is 4.96. The molecule has 0 aliphatic rings. The van der Waals surface area contributed by atoms with Crippen LogP contribution in [0.15, 0.2) is 24.3 Å². The number of hydrogen-bond donors (Lipinski definition) is 2. The molecule has 2 heteroatoms. The third-order valence-corrected chi connectivity index (χ3v) is 2.98. The third-order valence-electron chi connectivity index (χ3n) is 2.98. The van der Waals surface area contributed by atoms with Crippen molar-refractivity contribution in [2.75, 3.05) is 0 Å². The van der Waals surface area contributed by atoms with Crippen molar-refractivity contribution in [2.45, 2.75) is 38.8 Å². The molecule has 0 aliphatic heterocycles. The van der Waals surface area contributed by atoms with Crippen LogP contribution in [0, 0.1) is 0 Å². The molecule has 0 aromatic heterocycles. The summed E-state index contributed by atoms with van der Waals surface area (Å²) in [4.78, 5) is 0. The van der Waals surface area contributed by atoms with Crippen molar-refractivity contribution >= 4 is 0 Å². The van der Waals surface area contributed by atoms with Crippen LogP contribution in [-0.2, 0) is 12.0 Å². The molecule has 1 aromatic carbocycles. The lowest BCUT2D eigenvalue weighted by Gasteiger charge is -2.30. The Balaban J connectivity index is 3.17. The lowest BCUT2D eigenvalue weighted by Crippen LogP contribution is -2.32. The van der Waals surface area contributed by atoms with Gasteiger partial charge in [0, 0.05) is 12.0 Å². The van der Waals surface area contributed by atoms with Crippen molar-refractivity contribution in [1.82, 2.24) is 0 Å². The normalized spacial score (nSPS) is 14.1. The van der Waals surface area contributed by atoms with E-state index in [4.69, 9.17) is 5.73 Å². The highest BCUT2D eigenvalue weighted by atomic mass is 16.3. The fraction of sp³-hybridized carbons (Fsp3) is 0.500. The molecule has 1 atom stereocenters. The molecule has 0 saturated heterocycles. The van der Waals surface area contributed by atoms with E-state index in [9.17, 15) is 5.11 Å². The maximum absolute atomic E-state index is 9.71. The van der Waals surface area contributed by atoms with Gasteiger partial charge >= 0.3 is 0 Å². The quantitative estimate of drug-likeness (QED) is 0.769. The topological polar surface area (TPSA) is 46.2 Å². The Hall–Kier alpha value is -0.860. The first-order chi connectivity index (χ1) is 6.50. The van der Waals surface area contributed by atoms with E-state index in [0.717, 1.165) is 11.1 Å². The van der Waals surface area contributed by atoms with E-state index in [-0.39, 0.29) is 11.5 Å². The Morgan fingerprint density at radius 2 is 1.93 bits per heavy atom. The van der Waals surface area contributed by atoms with Crippen molar-refractivity contribution in [2.24, 2.45) is 5.73 Å². The summed E-state index contributed by atoms with van der Waals surface area (Å²) in [6.45, 7) is 6.40. The fourth-order valence-electron chi connectivity index (χ4n) is 1.55. The molecule has 0 amide bonds. The number of aliphatic hydroxyl groups excluding tert-OH is 1. The summed E-state index contributed by atoms with van der Waals surface area (Å²) in [5.74, 6) is 0. The second kappa shape index (κ2) is 4.11. The Labute approximate surface area is 85.8 Å². The summed E-state index contributed by atoms with van der Waals surface area (Å²) in [6, 6.07) is 8.01. The molecule has 0 aliphatic carbocycles. The molecule has 1 unspecified atom stereocenters. The Morgan fingerprint density at radius 3 is 2.43 bits per heavy atom. The number of benzene rings is 1. The second-order valence-electron chi connectivity index (χ2n) is 4.26. The van der Waals surface area contributed by atoms with Crippen molar-refractivity contribution in [3.05, 3.63) is 35.4 Å². The lowest BCUT2D eigenvalue weighted by molar-refractivity contribution is 0.117. The van der Waals surface area contributed by atoms with Gasteiger partial charge < -0.3 is 10.8 Å². The van der Waals surface area contributed by atoms with Crippen molar-refractivity contribution in [3.63, 3.8) is 0 Å². The molecule has 78 valence electrons. The van der Waals surface area contributed by atoms with E-state index >= 15 is 0 Å². The number of hydrogen-bond acceptors (Lipinski definition) is 2. The van der Waals surface area contributed by atoms with Gasteiger partial charge in [0.15, 0.2) is 0 Å². The summed E-state index contributed by atoms with van der Waals surface area (Å²) in [5, 5.41) is 9.71. The largest absolute Gasteiger partial charge is 0.393 e. The minimum atomic E-state index is -0.379. The van der Waals surface area contributed by atoms with Crippen LogP contribution >= 0.6 is 0 Å². The number of aliphatic hydroxyl groups is 1. The summed E-state index contributed by atoms with van der Waals surface area (Å²) in [7, 11) is 0. The standard InChI is InChI=1S/C12H19NO/c1-9(14)12(2,3)11-7-5-4-6-10(11)8-13/h4-7,9,14H,8,13H2,1-3H3. The van der Waals surface area contributed by atoms with Gasteiger partial charge in [-0.25, -0.2) is 0 Å². The molecule has 0 spiro atoms. The zero-order chi connectivity index (χ0) is 10.8. The average Bonchev–Trinajstić information content (AvgIpc) is 2.17. The smallest absolute Gasteiger partial charge is 0.0603 e. The number of nitrogens with two attached hydrogens (primary N) is 1. The molecule has 0 heterocycles. The highest BCUT2D eigenvalue weighted by Gasteiger charge is 2.27. The molecular formula is C12H19NO. The second-order valence-corrected chi connectivity index (χ2v) is 4.26. The lowest BCUT2D eigenvalue weighted by atomic mass is 9.78. The maximum atomic E-state index is 9.71. The molecule has 1 rings (SSSR count). The molecule has 1 aromatic rings. The molecular weight excluding hydrogens is 174 g/mol. The predicted octanol–water partition coefficient (Wildman–Crippen LogP) is 1.80. The molecule has 0 bridgehead atoms. The van der Waals surface area contributed by atoms with Gasteiger partial charge in [-0.15, -0.1) is 0 Å². The number of rotatable bonds is 3. The summed E-state index contributed by atoms with van der Waals surface area (Å²) in [5.41, 5.74) is 7.67. The van der Waals surface area contributed by atoms with Crippen LogP contribution in [0.5, 0.6) is 0 Å². The molecule has 14 heavy (non-hydrogen) atoms. The van der Waals surface area contributed by atoms with Crippen LogP contribution in [0.3, 0.4) is 0 Å². The van der Waals surface area contributed by atoms with Gasteiger partial charge in [-0.1, -0.05) is 38.1 Å². The maximum Gasteiger partial charge on any atom is 0.0603 e. The minimum absolute atomic E-state index is 0.240. The van der Waals surface area contributed by atoms with E-state index < -0.39 is 0 Å². The Bertz CT molecular complexity index is 305. The van der Waals surface area contributed by atoms with Gasteiger partial charge in [-0.3, -0.25) is 0 Å². The summed E-state index contributed by atoms with van der Waals surface area (Å²) in [6.07, 6.45) is -0.379. The van der Waals surface area contributed by atoms with E-state index in [1.807, 2.05) is 45.0 Å². The SMILES string of the molecule is CC(O)C(C)(C)c1ccccc1CN. The summed E-state index contributed by atoms with van der Waals surface area (Å²) < 4.78 is 0. The van der Waals surface area contributed by atoms with E-state index in [1.165, 1.54) is 0 Å². The van der Waals surface area contributed by atoms with Crippen LogP contribution in [0.1, 0.15) is 31.9 Å². The fourth-order valence-corrected chi connectivity index (χ4v) is 1.55. The monoisotopic (exact) mass is 193 g/mol. The van der Waals surface area contributed by atoms with Gasteiger partial charge in [0.05, 0.1) is 6.10 Å². The van der Waals surface area contributed by atoms with E-state index in [2.05, 4.69) is 0 Å². The van der Waals surface area contributed by atoms with E-state index in [1.54, 1.807) is 0 Å². The zero-order valence-corrected chi connectivity index (χ0v) is 9.12. The van der Waals surface area contributed by atoms with Gasteiger partial charge in [0.25, 0.3) is 0 Å². The highest BCUT2D eigenvalue weighted by molar-refractivity contribution is 5.34. The van der Waals surface area contributed by atoms with Gasteiger partial charge in [0.1, 0.15) is 0 Å². The summed E-state index contributed by atoms with van der Waals surface area (Å²) >= 11 is 0. The van der Waals surface area contributed by atoms with E-state index in [0.29, 0.717) is 6.54 Å². The Kier molecular flexibility index (Phi) is 3.29. The molecule has 2 nitrogen and oxygen atoms in total. The van der Waals surface area contributed by atoms with Crippen molar-refractivity contribution in [1.29, 1.82) is 0 Å². The average molecular weight is 193 g/mol. The minimum Gasteiger partial charge on any atom is -0.393 e. The van der Waals surface area contributed by atoms with Crippen LogP contribution in [0.25, 0.3) is 0 Å². The van der Waals surface area contributed by atoms with Crippen LogP contribution in [0.4, 0.5) is 0 Å². The van der Waals surface area contributed by atoms with Crippen LogP contribution < -0.4 is 5.73 Å².